The van der Waals surface area contributed by atoms with E-state index in [1.165, 1.54) is 6.07 Å². The Morgan fingerprint density at radius 1 is 1.29 bits per heavy atom. The third-order valence-corrected chi connectivity index (χ3v) is 2.30. The summed E-state index contributed by atoms with van der Waals surface area (Å²) >= 11 is 0. The minimum absolute atomic E-state index is 0.306. The molecule has 1 aromatic carbocycles. The third-order valence-electron chi connectivity index (χ3n) is 2.30. The van der Waals surface area contributed by atoms with Crippen LogP contribution in [0.25, 0.3) is 0 Å². The van der Waals surface area contributed by atoms with E-state index in [-0.39, 0.29) is 0 Å². The fourth-order valence-corrected chi connectivity index (χ4v) is 1.50. The normalized spacial score (nSPS) is 12.2. The molecule has 0 radical (unpaired) electrons. The summed E-state index contributed by atoms with van der Waals surface area (Å²) in [7, 11) is 1.74. The second kappa shape index (κ2) is 5.46. The molecule has 0 unspecified atom stereocenters. The summed E-state index contributed by atoms with van der Waals surface area (Å²) < 4.78 is 50.3. The van der Waals surface area contributed by atoms with Gasteiger partial charge in [-0.2, -0.15) is 13.2 Å². The van der Waals surface area contributed by atoms with Crippen LogP contribution < -0.4 is 5.73 Å². The van der Waals surface area contributed by atoms with Crippen molar-refractivity contribution in [1.29, 1.82) is 0 Å². The van der Waals surface area contributed by atoms with Crippen LogP contribution >= 0.6 is 0 Å². The summed E-state index contributed by atoms with van der Waals surface area (Å²) in [6.07, 6.45) is -4.66. The van der Waals surface area contributed by atoms with Gasteiger partial charge in [-0.05, 0) is 24.7 Å². The molecule has 0 aliphatic heterocycles. The Morgan fingerprint density at radius 3 is 2.47 bits per heavy atom. The Morgan fingerprint density at radius 2 is 1.94 bits per heavy atom. The molecule has 0 saturated carbocycles. The maximum Gasteiger partial charge on any atom is 0.419 e. The zero-order valence-electron chi connectivity index (χ0n) is 9.39. The van der Waals surface area contributed by atoms with Crippen LogP contribution in [-0.2, 0) is 12.7 Å². The first-order valence-electron chi connectivity index (χ1n) is 5.09. The molecule has 6 heteroatoms. The molecule has 96 valence electrons. The molecule has 0 saturated heterocycles. The Hall–Kier alpha value is -1.14. The van der Waals surface area contributed by atoms with Crippen LogP contribution in [0.3, 0.4) is 0 Å². The predicted molar refractivity (Wildman–Crippen MR) is 56.8 cm³/mol. The smallest absolute Gasteiger partial charge is 0.329 e. The first kappa shape index (κ1) is 13.9. The molecule has 0 heterocycles. The molecule has 0 aliphatic rings. The second-order valence-electron chi connectivity index (χ2n) is 3.84. The summed E-state index contributed by atoms with van der Waals surface area (Å²) in [6.45, 7) is 1.29. The number of rotatable bonds is 4. The van der Waals surface area contributed by atoms with Crippen molar-refractivity contribution in [3.63, 3.8) is 0 Å². The molecule has 0 atom stereocenters. The number of nitrogens with zero attached hydrogens (tertiary/aromatic N) is 1. The van der Waals surface area contributed by atoms with Gasteiger partial charge in [0.25, 0.3) is 0 Å². The number of likely N-dealkylation sites (N-methyl/N-ethyl adjacent to an activating group) is 1. The van der Waals surface area contributed by atoms with Gasteiger partial charge < -0.3 is 10.6 Å². The molecule has 0 fully saturated rings. The molecular weight excluding hydrogens is 236 g/mol. The van der Waals surface area contributed by atoms with Crippen LogP contribution in [0.2, 0.25) is 0 Å². The Balaban J connectivity index is 2.89. The van der Waals surface area contributed by atoms with E-state index >= 15 is 0 Å². The minimum Gasteiger partial charge on any atom is -0.329 e. The average molecular weight is 250 g/mol. The van der Waals surface area contributed by atoms with Crippen molar-refractivity contribution in [2.75, 3.05) is 20.1 Å². The van der Waals surface area contributed by atoms with Gasteiger partial charge in [-0.1, -0.05) is 6.07 Å². The molecule has 17 heavy (non-hydrogen) atoms. The van der Waals surface area contributed by atoms with E-state index in [9.17, 15) is 17.6 Å². The number of nitrogens with two attached hydrogens (primary N) is 1. The van der Waals surface area contributed by atoms with Gasteiger partial charge in [0.05, 0.1) is 5.56 Å². The van der Waals surface area contributed by atoms with Crippen molar-refractivity contribution in [2.45, 2.75) is 12.7 Å². The zero-order chi connectivity index (χ0) is 13.1. The lowest BCUT2D eigenvalue weighted by Crippen LogP contribution is -2.25. The Kier molecular flexibility index (Phi) is 4.47. The maximum absolute atomic E-state index is 13.0. The lowest BCUT2D eigenvalue weighted by Gasteiger charge is -2.16. The van der Waals surface area contributed by atoms with E-state index in [1.54, 1.807) is 11.9 Å². The molecule has 0 aromatic heterocycles. The molecule has 0 amide bonds. The molecule has 0 spiro atoms. The predicted octanol–water partition coefficient (Wildman–Crippen LogP) is 2.24. The van der Waals surface area contributed by atoms with E-state index in [0.29, 0.717) is 25.2 Å². The van der Waals surface area contributed by atoms with Gasteiger partial charge in [-0.25, -0.2) is 4.39 Å². The van der Waals surface area contributed by atoms with Crippen molar-refractivity contribution in [3.05, 3.63) is 35.1 Å². The maximum atomic E-state index is 13.0. The van der Waals surface area contributed by atoms with Gasteiger partial charge in [0.15, 0.2) is 0 Å². The number of halogens is 4. The fraction of sp³-hybridized carbons (Fsp3) is 0.455. The van der Waals surface area contributed by atoms with Crippen molar-refractivity contribution in [1.82, 2.24) is 4.90 Å². The van der Waals surface area contributed by atoms with Gasteiger partial charge in [0.1, 0.15) is 5.82 Å². The van der Waals surface area contributed by atoms with Crippen LogP contribution in [0.4, 0.5) is 17.6 Å². The fourth-order valence-electron chi connectivity index (χ4n) is 1.50. The van der Waals surface area contributed by atoms with E-state index in [4.69, 9.17) is 5.73 Å². The van der Waals surface area contributed by atoms with Gasteiger partial charge >= 0.3 is 6.18 Å². The average Bonchev–Trinajstić information content (AvgIpc) is 2.19. The largest absolute Gasteiger partial charge is 0.419 e. The summed E-state index contributed by atoms with van der Waals surface area (Å²) in [4.78, 5) is 1.77. The zero-order valence-corrected chi connectivity index (χ0v) is 9.39. The van der Waals surface area contributed by atoms with Crippen LogP contribution in [0.5, 0.6) is 0 Å². The summed E-state index contributed by atoms with van der Waals surface area (Å²) in [6, 6.07) is 3.02. The molecule has 2 N–H and O–H groups in total. The van der Waals surface area contributed by atoms with Crippen LogP contribution in [-0.4, -0.2) is 25.0 Å². The highest BCUT2D eigenvalue weighted by atomic mass is 19.4. The number of hydrogen-bond donors (Lipinski definition) is 1. The Bertz CT molecular complexity index is 376. The van der Waals surface area contributed by atoms with E-state index < -0.39 is 17.6 Å². The molecule has 1 rings (SSSR count). The summed E-state index contributed by atoms with van der Waals surface area (Å²) in [5.74, 6) is -1.25. The lowest BCUT2D eigenvalue weighted by molar-refractivity contribution is -0.140. The minimum atomic E-state index is -4.66. The van der Waals surface area contributed by atoms with Crippen molar-refractivity contribution < 1.29 is 17.6 Å². The van der Waals surface area contributed by atoms with Gasteiger partial charge in [0, 0.05) is 19.6 Å². The van der Waals surface area contributed by atoms with Crippen LogP contribution in [0, 0.1) is 5.82 Å². The topological polar surface area (TPSA) is 29.3 Å². The highest BCUT2D eigenvalue weighted by Crippen LogP contribution is 2.32. The first-order valence-corrected chi connectivity index (χ1v) is 5.09. The molecule has 1 aromatic rings. The van der Waals surface area contributed by atoms with Crippen LogP contribution in [0.15, 0.2) is 18.2 Å². The number of alkyl halides is 3. The quantitative estimate of drug-likeness (QED) is 0.830. The standard InChI is InChI=1S/C11H14F4N2/c1-17(5-4-16)7-8-2-3-10(12)9(6-8)11(13,14)15/h2-3,6H,4-5,7,16H2,1H3. The lowest BCUT2D eigenvalue weighted by atomic mass is 10.1. The molecular formula is C11H14F4N2. The monoisotopic (exact) mass is 250 g/mol. The van der Waals surface area contributed by atoms with Crippen molar-refractivity contribution in [3.8, 4) is 0 Å². The van der Waals surface area contributed by atoms with Gasteiger partial charge in [-0.15, -0.1) is 0 Å². The van der Waals surface area contributed by atoms with Crippen molar-refractivity contribution in [2.24, 2.45) is 5.73 Å². The summed E-state index contributed by atoms with van der Waals surface area (Å²) in [5.41, 5.74) is 4.51. The first-order chi connectivity index (χ1) is 7.84. The molecule has 0 aliphatic carbocycles. The van der Waals surface area contributed by atoms with Crippen molar-refractivity contribution >= 4 is 0 Å². The Labute approximate surface area is 97.0 Å². The van der Waals surface area contributed by atoms with Crippen LogP contribution in [0.1, 0.15) is 11.1 Å². The van der Waals surface area contributed by atoms with E-state index in [0.717, 1.165) is 12.1 Å². The highest BCUT2D eigenvalue weighted by molar-refractivity contribution is 5.27. The molecule has 0 bridgehead atoms. The number of benzene rings is 1. The highest BCUT2D eigenvalue weighted by Gasteiger charge is 2.34. The SMILES string of the molecule is CN(CCN)Cc1ccc(F)c(C(F)(F)F)c1. The number of hydrogen-bond acceptors (Lipinski definition) is 2. The molecule has 2 nitrogen and oxygen atoms in total. The summed E-state index contributed by atoms with van der Waals surface area (Å²) in [5, 5.41) is 0. The van der Waals surface area contributed by atoms with E-state index in [2.05, 4.69) is 0 Å². The van der Waals surface area contributed by atoms with E-state index in [1.807, 2.05) is 0 Å². The third kappa shape index (κ3) is 3.98. The van der Waals surface area contributed by atoms with Gasteiger partial charge in [0.2, 0.25) is 0 Å². The second-order valence-corrected chi connectivity index (χ2v) is 3.84. The van der Waals surface area contributed by atoms with Gasteiger partial charge in [-0.3, -0.25) is 0 Å².